The third kappa shape index (κ3) is 4.55. The van der Waals surface area contributed by atoms with Crippen molar-refractivity contribution in [1.29, 1.82) is 0 Å². The maximum absolute atomic E-state index is 12.2. The van der Waals surface area contributed by atoms with E-state index in [9.17, 15) is 18.7 Å². The molecular formula is C17H20F2N2O3. The molecule has 7 heteroatoms. The van der Waals surface area contributed by atoms with Gasteiger partial charge in [-0.05, 0) is 43.7 Å². The zero-order valence-corrected chi connectivity index (χ0v) is 13.4. The summed E-state index contributed by atoms with van der Waals surface area (Å²) in [5.74, 6) is -0.353. The van der Waals surface area contributed by atoms with Crippen molar-refractivity contribution < 1.29 is 23.4 Å². The van der Waals surface area contributed by atoms with Gasteiger partial charge in [0, 0.05) is 18.8 Å². The Morgan fingerprint density at radius 2 is 2.04 bits per heavy atom. The molecule has 1 amide bonds. The second kappa shape index (κ2) is 7.92. The monoisotopic (exact) mass is 338 g/mol. The van der Waals surface area contributed by atoms with Crippen molar-refractivity contribution in [2.45, 2.75) is 32.6 Å². The van der Waals surface area contributed by atoms with E-state index in [0.29, 0.717) is 11.3 Å². The number of benzene rings is 1. The molecule has 0 bridgehead atoms. The summed E-state index contributed by atoms with van der Waals surface area (Å²) >= 11 is 0. The lowest BCUT2D eigenvalue weighted by Crippen LogP contribution is -2.30. The van der Waals surface area contributed by atoms with E-state index in [1.54, 1.807) is 24.4 Å². The Morgan fingerprint density at radius 1 is 1.29 bits per heavy atom. The lowest BCUT2D eigenvalue weighted by molar-refractivity contribution is -0.0499. The minimum absolute atomic E-state index is 0.0402. The largest absolute Gasteiger partial charge is 0.435 e. The van der Waals surface area contributed by atoms with Crippen LogP contribution in [0.5, 0.6) is 5.75 Å². The number of hydrogen-bond acceptors (Lipinski definition) is 3. The fourth-order valence-electron chi connectivity index (χ4n) is 2.33. The summed E-state index contributed by atoms with van der Waals surface area (Å²) in [6, 6.07) is 9.37. The van der Waals surface area contributed by atoms with Crippen molar-refractivity contribution in [3.05, 3.63) is 53.9 Å². The van der Waals surface area contributed by atoms with Crippen LogP contribution in [0.15, 0.2) is 42.6 Å². The van der Waals surface area contributed by atoms with E-state index >= 15 is 0 Å². The highest BCUT2D eigenvalue weighted by atomic mass is 19.3. The second-order valence-electron chi connectivity index (χ2n) is 5.57. The fourth-order valence-corrected chi connectivity index (χ4v) is 2.33. The van der Waals surface area contributed by atoms with E-state index in [1.807, 2.05) is 18.4 Å². The van der Waals surface area contributed by atoms with E-state index < -0.39 is 12.7 Å². The van der Waals surface area contributed by atoms with Crippen LogP contribution in [0.25, 0.3) is 0 Å². The number of nitrogens with zero attached hydrogens (tertiary/aromatic N) is 1. The SMILES string of the molecule is CC(C)n1cccc1C(=O)NCC(O)c1cccc(OC(F)F)c1. The molecule has 0 aliphatic heterocycles. The summed E-state index contributed by atoms with van der Waals surface area (Å²) in [6.07, 6.45) is 0.777. The smallest absolute Gasteiger partial charge is 0.387 e. The van der Waals surface area contributed by atoms with Crippen LogP contribution in [0.3, 0.4) is 0 Å². The van der Waals surface area contributed by atoms with Gasteiger partial charge in [0.15, 0.2) is 0 Å². The highest BCUT2D eigenvalue weighted by molar-refractivity contribution is 5.92. The Kier molecular flexibility index (Phi) is 5.92. The number of carbonyl (C=O) groups is 1. The highest BCUT2D eigenvalue weighted by Gasteiger charge is 2.15. The number of aliphatic hydroxyl groups is 1. The minimum atomic E-state index is -2.93. The van der Waals surface area contributed by atoms with Gasteiger partial charge in [-0.15, -0.1) is 0 Å². The maximum Gasteiger partial charge on any atom is 0.387 e. The molecule has 2 N–H and O–H groups in total. The summed E-state index contributed by atoms with van der Waals surface area (Å²) in [6.45, 7) is 0.946. The number of alkyl halides is 2. The van der Waals surface area contributed by atoms with Gasteiger partial charge in [0.1, 0.15) is 11.4 Å². The lowest BCUT2D eigenvalue weighted by atomic mass is 10.1. The number of rotatable bonds is 7. The van der Waals surface area contributed by atoms with E-state index in [4.69, 9.17) is 0 Å². The number of carbonyl (C=O) groups excluding carboxylic acids is 1. The zero-order valence-electron chi connectivity index (χ0n) is 13.4. The zero-order chi connectivity index (χ0) is 17.7. The van der Waals surface area contributed by atoms with E-state index in [1.165, 1.54) is 18.2 Å². The molecule has 0 aliphatic carbocycles. The van der Waals surface area contributed by atoms with Gasteiger partial charge in [-0.3, -0.25) is 4.79 Å². The first kappa shape index (κ1) is 17.9. The van der Waals surface area contributed by atoms with Crippen LogP contribution in [0, 0.1) is 0 Å². The maximum atomic E-state index is 12.2. The first-order valence-corrected chi connectivity index (χ1v) is 7.56. The molecule has 0 aliphatic rings. The van der Waals surface area contributed by atoms with Crippen LogP contribution < -0.4 is 10.1 Å². The van der Waals surface area contributed by atoms with Crippen LogP contribution in [-0.2, 0) is 0 Å². The molecule has 24 heavy (non-hydrogen) atoms. The first-order valence-electron chi connectivity index (χ1n) is 7.56. The molecule has 0 radical (unpaired) electrons. The van der Waals surface area contributed by atoms with Gasteiger partial charge >= 0.3 is 6.61 Å². The molecule has 0 saturated heterocycles. The van der Waals surface area contributed by atoms with Gasteiger partial charge in [-0.25, -0.2) is 0 Å². The predicted octanol–water partition coefficient (Wildman–Crippen LogP) is 3.13. The van der Waals surface area contributed by atoms with Crippen molar-refractivity contribution in [3.63, 3.8) is 0 Å². The third-order valence-electron chi connectivity index (χ3n) is 3.49. The number of ether oxygens (including phenoxy) is 1. The van der Waals surface area contributed by atoms with Crippen molar-refractivity contribution in [3.8, 4) is 5.75 Å². The first-order chi connectivity index (χ1) is 11.4. The Balaban J connectivity index is 1.98. The summed E-state index contributed by atoms with van der Waals surface area (Å²) < 4.78 is 30.6. The lowest BCUT2D eigenvalue weighted by Gasteiger charge is -2.16. The molecule has 0 spiro atoms. The number of amides is 1. The molecule has 1 heterocycles. The molecular weight excluding hydrogens is 318 g/mol. The average molecular weight is 338 g/mol. The van der Waals surface area contributed by atoms with Crippen LogP contribution in [-0.4, -0.2) is 28.7 Å². The highest BCUT2D eigenvalue weighted by Crippen LogP contribution is 2.20. The molecule has 1 atom stereocenters. The van der Waals surface area contributed by atoms with Crippen molar-refractivity contribution >= 4 is 5.91 Å². The molecule has 2 aromatic rings. The average Bonchev–Trinajstić information content (AvgIpc) is 3.01. The molecule has 1 aromatic heterocycles. The molecule has 1 aromatic carbocycles. The van der Waals surface area contributed by atoms with Gasteiger partial charge in [0.2, 0.25) is 0 Å². The quantitative estimate of drug-likeness (QED) is 0.815. The van der Waals surface area contributed by atoms with Gasteiger partial charge in [0.25, 0.3) is 5.91 Å². The number of hydrogen-bond donors (Lipinski definition) is 2. The Hall–Kier alpha value is -2.41. The Labute approximate surface area is 138 Å². The Morgan fingerprint density at radius 3 is 2.71 bits per heavy atom. The normalized spacial score (nSPS) is 12.5. The summed E-state index contributed by atoms with van der Waals surface area (Å²) in [7, 11) is 0. The number of halogens is 2. The third-order valence-corrected chi connectivity index (χ3v) is 3.49. The molecule has 5 nitrogen and oxygen atoms in total. The van der Waals surface area contributed by atoms with Crippen LogP contribution in [0.2, 0.25) is 0 Å². The number of nitrogens with one attached hydrogen (secondary N) is 1. The van der Waals surface area contributed by atoms with E-state index in [0.717, 1.165) is 0 Å². The molecule has 1 unspecified atom stereocenters. The fraction of sp³-hybridized carbons (Fsp3) is 0.353. The van der Waals surface area contributed by atoms with Gasteiger partial charge in [-0.2, -0.15) is 8.78 Å². The standard InChI is InChI=1S/C17H20F2N2O3/c1-11(2)21-8-4-7-14(21)16(23)20-10-15(22)12-5-3-6-13(9-12)24-17(18)19/h3-9,11,15,17,22H,10H2,1-2H3,(H,20,23). The second-order valence-corrected chi connectivity index (χ2v) is 5.57. The van der Waals surface area contributed by atoms with Crippen molar-refractivity contribution in [2.24, 2.45) is 0 Å². The van der Waals surface area contributed by atoms with Crippen LogP contribution in [0.4, 0.5) is 8.78 Å². The van der Waals surface area contributed by atoms with Gasteiger partial charge in [-0.1, -0.05) is 12.1 Å². The van der Waals surface area contributed by atoms with Gasteiger partial charge < -0.3 is 19.7 Å². The topological polar surface area (TPSA) is 63.5 Å². The van der Waals surface area contributed by atoms with Crippen molar-refractivity contribution in [2.75, 3.05) is 6.54 Å². The summed E-state index contributed by atoms with van der Waals surface area (Å²) in [4.78, 5) is 12.2. The van der Waals surface area contributed by atoms with E-state index in [-0.39, 0.29) is 24.2 Å². The van der Waals surface area contributed by atoms with E-state index in [2.05, 4.69) is 10.1 Å². The predicted molar refractivity (Wildman–Crippen MR) is 85.2 cm³/mol. The molecule has 2 rings (SSSR count). The van der Waals surface area contributed by atoms with Crippen LogP contribution in [0.1, 0.15) is 42.0 Å². The number of aromatic nitrogens is 1. The summed E-state index contributed by atoms with van der Waals surface area (Å²) in [5, 5.41) is 12.8. The summed E-state index contributed by atoms with van der Waals surface area (Å²) in [5.41, 5.74) is 0.875. The molecule has 130 valence electrons. The molecule has 0 saturated carbocycles. The van der Waals surface area contributed by atoms with Crippen LogP contribution >= 0.6 is 0 Å². The van der Waals surface area contributed by atoms with Gasteiger partial charge in [0.05, 0.1) is 6.10 Å². The van der Waals surface area contributed by atoms with Crippen molar-refractivity contribution in [1.82, 2.24) is 9.88 Å². The molecule has 0 fully saturated rings. The number of aliphatic hydroxyl groups excluding tert-OH is 1. The Bertz CT molecular complexity index is 686. The minimum Gasteiger partial charge on any atom is -0.435 e.